The summed E-state index contributed by atoms with van der Waals surface area (Å²) in [5.74, 6) is 0.0536. The molecule has 0 aliphatic carbocycles. The number of anilines is 1. The van der Waals surface area contributed by atoms with Crippen LogP contribution >= 0.6 is 12.6 Å². The van der Waals surface area contributed by atoms with Crippen molar-refractivity contribution in [2.45, 2.75) is 18.6 Å². The van der Waals surface area contributed by atoms with Crippen LogP contribution in [0.5, 0.6) is 11.5 Å². The molecule has 2 atom stereocenters. The highest BCUT2D eigenvalue weighted by Crippen LogP contribution is 2.29. The highest BCUT2D eigenvalue weighted by molar-refractivity contribution is 7.81. The quantitative estimate of drug-likeness (QED) is 0.273. The summed E-state index contributed by atoms with van der Waals surface area (Å²) >= 11 is 3.91. The molecule has 3 aromatic carbocycles. The predicted molar refractivity (Wildman–Crippen MR) is 132 cm³/mol. The molecule has 35 heavy (non-hydrogen) atoms. The molecule has 180 valence electrons. The van der Waals surface area contributed by atoms with Crippen molar-refractivity contribution in [3.05, 3.63) is 90.0 Å². The van der Waals surface area contributed by atoms with Crippen LogP contribution in [0.15, 0.2) is 78.9 Å². The van der Waals surface area contributed by atoms with Gasteiger partial charge in [-0.25, -0.2) is 4.79 Å². The van der Waals surface area contributed by atoms with Crippen LogP contribution in [0.2, 0.25) is 0 Å². The van der Waals surface area contributed by atoms with Gasteiger partial charge in [0, 0.05) is 12.1 Å². The van der Waals surface area contributed by atoms with Crippen LogP contribution in [0.25, 0.3) is 0 Å². The largest absolute Gasteiger partial charge is 0.508 e. The first-order chi connectivity index (χ1) is 17.0. The molecule has 0 unspecified atom stereocenters. The van der Waals surface area contributed by atoms with Gasteiger partial charge in [-0.2, -0.15) is 17.9 Å². The second kappa shape index (κ2) is 12.9. The number of phenolic OH excluding ortho intramolecular Hbond substituents is 1. The molecule has 0 aliphatic rings. The van der Waals surface area contributed by atoms with E-state index in [2.05, 4.69) is 17.9 Å². The fraction of sp³-hybridized carbons (Fsp3) is 0.192. The number of aromatic hydroxyl groups is 1. The Kier molecular flexibility index (Phi) is 9.39. The van der Waals surface area contributed by atoms with Gasteiger partial charge in [-0.15, -0.1) is 0 Å². The maximum atomic E-state index is 12.8. The highest BCUT2D eigenvalue weighted by atomic mass is 32.1. The summed E-state index contributed by atoms with van der Waals surface area (Å²) in [4.78, 5) is 24.4. The third-order valence-electron chi connectivity index (χ3n) is 4.88. The average Bonchev–Trinajstić information content (AvgIpc) is 2.88. The number of ether oxygens (including phenoxy) is 3. The summed E-state index contributed by atoms with van der Waals surface area (Å²) in [6.07, 6.45) is -2.18. The number of benzene rings is 3. The van der Waals surface area contributed by atoms with Crippen LogP contribution in [0.1, 0.15) is 23.7 Å². The van der Waals surface area contributed by atoms with E-state index in [1.165, 1.54) is 12.1 Å². The molecule has 9 heteroatoms. The number of hydrogen-bond acceptors (Lipinski definition) is 8. The summed E-state index contributed by atoms with van der Waals surface area (Å²) in [5, 5.41) is 21.3. The normalized spacial score (nSPS) is 12.0. The minimum absolute atomic E-state index is 0.0199. The second-order valence-corrected chi connectivity index (χ2v) is 7.68. The van der Waals surface area contributed by atoms with Gasteiger partial charge in [-0.05, 0) is 54.1 Å². The lowest BCUT2D eigenvalue weighted by Crippen LogP contribution is -2.32. The summed E-state index contributed by atoms with van der Waals surface area (Å²) in [6, 6.07) is 23.5. The molecule has 0 spiro atoms. The van der Waals surface area contributed by atoms with Crippen molar-refractivity contribution in [1.29, 1.82) is 5.26 Å². The van der Waals surface area contributed by atoms with Gasteiger partial charge >= 0.3 is 12.1 Å². The van der Waals surface area contributed by atoms with E-state index in [9.17, 15) is 14.7 Å². The summed E-state index contributed by atoms with van der Waals surface area (Å²) < 4.78 is 17.1. The zero-order chi connectivity index (χ0) is 25.0. The number of phenols is 1. The van der Waals surface area contributed by atoms with E-state index in [0.29, 0.717) is 22.6 Å². The van der Waals surface area contributed by atoms with Crippen LogP contribution in [0.3, 0.4) is 0 Å². The molecule has 1 amide bonds. The highest BCUT2D eigenvalue weighted by Gasteiger charge is 2.30. The Morgan fingerprint density at radius 3 is 2.31 bits per heavy atom. The Labute approximate surface area is 208 Å². The Morgan fingerprint density at radius 1 is 1.00 bits per heavy atom. The molecule has 3 aromatic rings. The van der Waals surface area contributed by atoms with Crippen molar-refractivity contribution in [2.24, 2.45) is 0 Å². The molecule has 0 bridgehead atoms. The Balaban J connectivity index is 1.84. The van der Waals surface area contributed by atoms with E-state index in [0.717, 1.165) is 0 Å². The topological polar surface area (TPSA) is 118 Å². The number of esters is 1. The molecule has 0 aliphatic heterocycles. The monoisotopic (exact) mass is 492 g/mol. The van der Waals surface area contributed by atoms with E-state index in [4.69, 9.17) is 19.5 Å². The minimum atomic E-state index is -0.913. The van der Waals surface area contributed by atoms with Gasteiger partial charge in [0.2, 0.25) is 0 Å². The third kappa shape index (κ3) is 7.98. The number of amides is 1. The molecule has 2 N–H and O–H groups in total. The molecule has 0 saturated carbocycles. The van der Waals surface area contributed by atoms with Gasteiger partial charge in [-0.3, -0.25) is 10.1 Å². The van der Waals surface area contributed by atoms with Crippen LogP contribution < -0.4 is 10.1 Å². The lowest BCUT2D eigenvalue weighted by molar-refractivity contribution is -0.141. The molecule has 0 fully saturated rings. The summed E-state index contributed by atoms with van der Waals surface area (Å²) in [6.45, 7) is 0.0199. The number of thiol groups is 1. The van der Waals surface area contributed by atoms with Crippen LogP contribution in [-0.4, -0.2) is 35.6 Å². The molecule has 0 radical (unpaired) electrons. The fourth-order valence-corrected chi connectivity index (χ4v) is 3.29. The van der Waals surface area contributed by atoms with E-state index >= 15 is 0 Å². The summed E-state index contributed by atoms with van der Waals surface area (Å²) in [7, 11) is 0. The second-order valence-electron chi connectivity index (χ2n) is 7.37. The van der Waals surface area contributed by atoms with Crippen molar-refractivity contribution in [1.82, 2.24) is 0 Å². The fourth-order valence-electron chi connectivity index (χ4n) is 3.19. The zero-order valence-electron chi connectivity index (χ0n) is 18.7. The number of carbonyl (C=O) groups is 2. The minimum Gasteiger partial charge on any atom is -0.508 e. The van der Waals surface area contributed by atoms with Crippen molar-refractivity contribution in [2.75, 3.05) is 17.7 Å². The predicted octanol–water partition coefficient (Wildman–Crippen LogP) is 4.86. The van der Waals surface area contributed by atoms with Crippen LogP contribution in [-0.2, 0) is 14.3 Å². The van der Waals surface area contributed by atoms with Gasteiger partial charge in [0.1, 0.15) is 17.6 Å². The van der Waals surface area contributed by atoms with Crippen molar-refractivity contribution >= 4 is 30.4 Å². The molecular weight excluding hydrogens is 468 g/mol. The van der Waals surface area contributed by atoms with Gasteiger partial charge in [0.25, 0.3) is 0 Å². The van der Waals surface area contributed by atoms with Crippen LogP contribution in [0, 0.1) is 11.3 Å². The van der Waals surface area contributed by atoms with Crippen molar-refractivity contribution < 1.29 is 28.9 Å². The number of nitriles is 1. The maximum Gasteiger partial charge on any atom is 0.412 e. The van der Waals surface area contributed by atoms with Crippen molar-refractivity contribution in [3.8, 4) is 17.6 Å². The van der Waals surface area contributed by atoms with Gasteiger partial charge < -0.3 is 19.3 Å². The van der Waals surface area contributed by atoms with E-state index in [1.54, 1.807) is 60.7 Å². The molecule has 0 heterocycles. The van der Waals surface area contributed by atoms with Crippen LogP contribution in [0.4, 0.5) is 10.5 Å². The molecule has 0 saturated heterocycles. The number of nitrogens with one attached hydrogen (secondary N) is 1. The first-order valence-corrected chi connectivity index (χ1v) is 11.4. The number of rotatable bonds is 10. The Morgan fingerprint density at radius 2 is 1.69 bits per heavy atom. The number of nitrogens with zero attached hydrogens (tertiary/aromatic N) is 1. The molecular formula is C26H24N2O6S. The molecule has 0 aromatic heterocycles. The average molecular weight is 493 g/mol. The number of para-hydroxylation sites is 1. The van der Waals surface area contributed by atoms with Gasteiger partial charge in [-0.1, -0.05) is 30.3 Å². The number of hydrogen-bond donors (Lipinski definition) is 3. The molecule has 8 nitrogen and oxygen atoms in total. The van der Waals surface area contributed by atoms with Gasteiger partial charge in [0.15, 0.2) is 6.10 Å². The van der Waals surface area contributed by atoms with E-state index in [-0.39, 0.29) is 24.5 Å². The first-order valence-electron chi connectivity index (χ1n) is 10.7. The Hall–Kier alpha value is -4.16. The SMILES string of the molecule is N#Cc1ccc(NC(=O)O[C@H](c2ccc(O)cc2)[C@@H](CCOC(=O)CS)Oc2ccccc2)cc1. The summed E-state index contributed by atoms with van der Waals surface area (Å²) in [5.41, 5.74) is 1.47. The van der Waals surface area contributed by atoms with E-state index < -0.39 is 24.3 Å². The zero-order valence-corrected chi connectivity index (χ0v) is 19.6. The standard InChI is InChI=1S/C26H24N2O6S/c27-16-18-6-10-20(11-7-18)28-26(31)34-25(19-8-12-21(29)13-9-19)23(14-15-32-24(30)17-35)33-22-4-2-1-3-5-22/h1-13,23,25,29,35H,14-15,17H2,(H,28,31)/t23-,25-/m1/s1. The lowest BCUT2D eigenvalue weighted by Gasteiger charge is -2.28. The van der Waals surface area contributed by atoms with E-state index in [1.807, 2.05) is 12.1 Å². The lowest BCUT2D eigenvalue weighted by atomic mass is 10.0. The third-order valence-corrected chi connectivity index (χ3v) is 5.14. The van der Waals surface area contributed by atoms with Crippen molar-refractivity contribution in [3.63, 3.8) is 0 Å². The number of carbonyl (C=O) groups excluding carboxylic acids is 2. The maximum absolute atomic E-state index is 12.8. The smallest absolute Gasteiger partial charge is 0.412 e. The molecule has 3 rings (SSSR count). The Bertz CT molecular complexity index is 1150. The first kappa shape index (κ1) is 25.5. The van der Waals surface area contributed by atoms with Gasteiger partial charge in [0.05, 0.1) is 24.0 Å².